The quantitative estimate of drug-likeness (QED) is 0.522. The first-order valence-corrected chi connectivity index (χ1v) is 5.85. The molecule has 82 valence electrons. The molecule has 14 heavy (non-hydrogen) atoms. The van der Waals surface area contributed by atoms with Crippen LogP contribution in [-0.4, -0.2) is 24.4 Å². The second-order valence-corrected chi connectivity index (χ2v) is 4.05. The van der Waals surface area contributed by atoms with Crippen molar-refractivity contribution >= 4 is 29.8 Å². The van der Waals surface area contributed by atoms with Gasteiger partial charge in [0, 0.05) is 13.1 Å². The molecule has 2 N–H and O–H groups in total. The lowest BCUT2D eigenvalue weighted by Gasteiger charge is -2.03. The summed E-state index contributed by atoms with van der Waals surface area (Å²) in [7, 11) is 4.17. The minimum atomic E-state index is -0.0553. The molecule has 2 unspecified atom stereocenters. The highest BCUT2D eigenvalue weighted by Gasteiger charge is 1.93. The Morgan fingerprint density at radius 1 is 0.786 bits per heavy atom. The van der Waals surface area contributed by atoms with Gasteiger partial charge in [-0.3, -0.25) is 9.59 Å². The van der Waals surface area contributed by atoms with Crippen LogP contribution in [0.5, 0.6) is 0 Å². The van der Waals surface area contributed by atoms with Gasteiger partial charge in [-0.25, -0.2) is 0 Å². The molecule has 0 aliphatic carbocycles. The summed E-state index contributed by atoms with van der Waals surface area (Å²) in [6, 6.07) is 0. The Hall–Kier alpha value is -0.200. The Labute approximate surface area is 89.4 Å². The van der Waals surface area contributed by atoms with E-state index in [4.69, 9.17) is 0 Å². The molecule has 0 radical (unpaired) electrons. The molecule has 0 saturated carbocycles. The average Bonchev–Trinajstić information content (AvgIpc) is 2.08. The predicted octanol–water partition coefficient (Wildman–Crippen LogP) is 1.72. The molecular weight excluding hydrogens is 218 g/mol. The van der Waals surface area contributed by atoms with Crippen LogP contribution in [0.3, 0.4) is 0 Å². The van der Waals surface area contributed by atoms with Gasteiger partial charge in [0.15, 0.2) is 0 Å². The summed E-state index contributed by atoms with van der Waals surface area (Å²) < 4.78 is 0. The van der Waals surface area contributed by atoms with Crippen molar-refractivity contribution in [1.82, 2.24) is 10.6 Å². The third kappa shape index (κ3) is 11.8. The highest BCUT2D eigenvalue weighted by Crippen LogP contribution is 1.98. The Bertz CT molecular complexity index is 168. The molecule has 0 heterocycles. The second-order valence-electron chi connectivity index (χ2n) is 3.00. The molecule has 2 atom stereocenters. The zero-order valence-corrected chi connectivity index (χ0v) is 10.5. The smallest absolute Gasteiger partial charge is 0.234 e. The number of nitrogens with one attached hydrogen (secondary N) is 2. The van der Waals surface area contributed by atoms with Crippen molar-refractivity contribution in [3.8, 4) is 0 Å². The maximum absolute atomic E-state index is 10.5. The number of rotatable bonds is 7. The van der Waals surface area contributed by atoms with Gasteiger partial charge in [0.25, 0.3) is 0 Å². The second kappa shape index (κ2) is 9.36. The fourth-order valence-corrected chi connectivity index (χ4v) is 1.32. The van der Waals surface area contributed by atoms with Crippen molar-refractivity contribution in [2.24, 2.45) is 0 Å². The number of unbranched alkanes of at least 4 members (excludes halogenated alkanes) is 3. The van der Waals surface area contributed by atoms with E-state index in [1.807, 2.05) is 0 Å². The summed E-state index contributed by atoms with van der Waals surface area (Å²) in [4.78, 5) is 20.9. The van der Waals surface area contributed by atoms with E-state index in [-0.39, 0.29) is 11.3 Å². The van der Waals surface area contributed by atoms with Gasteiger partial charge >= 0.3 is 0 Å². The minimum Gasteiger partial charge on any atom is -0.353 e. The maximum atomic E-state index is 10.5. The van der Waals surface area contributed by atoms with E-state index in [1.165, 1.54) is 0 Å². The normalized spacial score (nSPS) is 9.57. The van der Waals surface area contributed by atoms with Gasteiger partial charge in [-0.05, 0) is 31.3 Å². The Morgan fingerprint density at radius 3 is 1.43 bits per heavy atom. The first-order valence-electron chi connectivity index (χ1n) is 4.69. The van der Waals surface area contributed by atoms with E-state index in [9.17, 15) is 9.59 Å². The van der Waals surface area contributed by atoms with Crippen LogP contribution in [0.4, 0.5) is 9.59 Å². The summed E-state index contributed by atoms with van der Waals surface area (Å²) in [6.07, 6.45) is 4.15. The van der Waals surface area contributed by atoms with E-state index in [0.717, 1.165) is 38.8 Å². The molecule has 0 spiro atoms. The fraction of sp³-hybridized carbons (Fsp3) is 0.750. The van der Waals surface area contributed by atoms with Gasteiger partial charge in [0.2, 0.25) is 11.3 Å². The van der Waals surface area contributed by atoms with Gasteiger partial charge in [0.1, 0.15) is 0 Å². The molecule has 0 aromatic heterocycles. The molecule has 0 saturated heterocycles. The van der Waals surface area contributed by atoms with Crippen molar-refractivity contribution in [1.29, 1.82) is 0 Å². The number of amides is 2. The van der Waals surface area contributed by atoms with Gasteiger partial charge in [-0.2, -0.15) is 0 Å². The fourth-order valence-electron chi connectivity index (χ4n) is 1.03. The standard InChI is InChI=1S/C8H18N2O2P2/c11-7(13)9-5-3-1-2-4-6-10-8(12)14/h1-6,13-14H2,(H,9,11)(H,10,12). The Kier molecular flexibility index (Phi) is 9.23. The number of carbonyl (C=O) groups is 2. The SMILES string of the molecule is O=C(P)NCCCCCCNC(=O)P. The molecular formula is C8H18N2O2P2. The summed E-state index contributed by atoms with van der Waals surface area (Å²) in [5, 5.41) is 5.41. The van der Waals surface area contributed by atoms with Crippen LogP contribution in [0, 0.1) is 0 Å². The van der Waals surface area contributed by atoms with E-state index in [0.29, 0.717) is 0 Å². The van der Waals surface area contributed by atoms with Crippen LogP contribution in [0.1, 0.15) is 25.7 Å². The van der Waals surface area contributed by atoms with Crippen molar-refractivity contribution in [3.63, 3.8) is 0 Å². The molecule has 0 aliphatic heterocycles. The average molecular weight is 236 g/mol. The lowest BCUT2D eigenvalue weighted by Crippen LogP contribution is -2.18. The predicted molar refractivity (Wildman–Crippen MR) is 64.7 cm³/mol. The summed E-state index contributed by atoms with van der Waals surface area (Å²) >= 11 is 0. The highest BCUT2D eigenvalue weighted by atomic mass is 31.0. The zero-order valence-electron chi connectivity index (χ0n) is 8.21. The monoisotopic (exact) mass is 236 g/mol. The van der Waals surface area contributed by atoms with Gasteiger partial charge < -0.3 is 10.6 Å². The number of hydrogen-bond acceptors (Lipinski definition) is 2. The molecule has 0 aromatic carbocycles. The van der Waals surface area contributed by atoms with Crippen molar-refractivity contribution in [2.75, 3.05) is 13.1 Å². The van der Waals surface area contributed by atoms with E-state index < -0.39 is 0 Å². The summed E-state index contributed by atoms with van der Waals surface area (Å²) in [6.45, 7) is 1.47. The number of carbonyl (C=O) groups excluding carboxylic acids is 2. The highest BCUT2D eigenvalue weighted by molar-refractivity contribution is 7.40. The lowest BCUT2D eigenvalue weighted by molar-refractivity contribution is 0.259. The number of hydrogen-bond donors (Lipinski definition) is 2. The van der Waals surface area contributed by atoms with Crippen LogP contribution >= 0.6 is 18.5 Å². The van der Waals surface area contributed by atoms with Crippen molar-refractivity contribution in [2.45, 2.75) is 25.7 Å². The Morgan fingerprint density at radius 2 is 1.14 bits per heavy atom. The molecule has 4 nitrogen and oxygen atoms in total. The van der Waals surface area contributed by atoms with Crippen LogP contribution in [0.25, 0.3) is 0 Å². The van der Waals surface area contributed by atoms with Crippen molar-refractivity contribution in [3.05, 3.63) is 0 Å². The molecule has 0 fully saturated rings. The Balaban J connectivity index is 2.99. The molecule has 0 aromatic rings. The molecule has 0 aliphatic rings. The summed E-state index contributed by atoms with van der Waals surface area (Å²) in [5.74, 6) is 0. The maximum Gasteiger partial charge on any atom is 0.234 e. The van der Waals surface area contributed by atoms with E-state index >= 15 is 0 Å². The van der Waals surface area contributed by atoms with Crippen LogP contribution in [0.15, 0.2) is 0 Å². The molecule has 0 bridgehead atoms. The van der Waals surface area contributed by atoms with Gasteiger partial charge in [-0.15, -0.1) is 0 Å². The first kappa shape index (κ1) is 13.8. The van der Waals surface area contributed by atoms with E-state index in [2.05, 4.69) is 29.1 Å². The molecule has 2 amide bonds. The third-order valence-electron chi connectivity index (χ3n) is 1.70. The van der Waals surface area contributed by atoms with Crippen LogP contribution < -0.4 is 10.6 Å². The van der Waals surface area contributed by atoms with E-state index in [1.54, 1.807) is 0 Å². The van der Waals surface area contributed by atoms with Crippen molar-refractivity contribution < 1.29 is 9.59 Å². The van der Waals surface area contributed by atoms with Crippen LogP contribution in [-0.2, 0) is 0 Å². The molecule has 6 heteroatoms. The first-order chi connectivity index (χ1) is 6.63. The third-order valence-corrected chi connectivity index (χ3v) is 2.11. The zero-order chi connectivity index (χ0) is 10.8. The minimum absolute atomic E-state index is 0.0553. The van der Waals surface area contributed by atoms with Gasteiger partial charge in [0.05, 0.1) is 0 Å². The topological polar surface area (TPSA) is 58.2 Å². The lowest BCUT2D eigenvalue weighted by atomic mass is 10.2. The van der Waals surface area contributed by atoms with Gasteiger partial charge in [-0.1, -0.05) is 12.8 Å². The van der Waals surface area contributed by atoms with Crippen LogP contribution in [0.2, 0.25) is 0 Å². The largest absolute Gasteiger partial charge is 0.353 e. The summed E-state index contributed by atoms with van der Waals surface area (Å²) in [5.41, 5.74) is -0.111. The molecule has 0 rings (SSSR count).